The third-order valence-corrected chi connectivity index (χ3v) is 2.62. The lowest BCUT2D eigenvalue weighted by molar-refractivity contribution is 0.868. The van der Waals surface area contributed by atoms with Gasteiger partial charge in [0, 0.05) is 6.20 Å². The van der Waals surface area contributed by atoms with Gasteiger partial charge >= 0.3 is 0 Å². The van der Waals surface area contributed by atoms with Gasteiger partial charge in [0.1, 0.15) is 5.17 Å². The summed E-state index contributed by atoms with van der Waals surface area (Å²) in [5.41, 5.74) is 0. The van der Waals surface area contributed by atoms with Crippen molar-refractivity contribution in [3.63, 3.8) is 0 Å². The maximum absolute atomic E-state index is 5.80. The quantitative estimate of drug-likeness (QED) is 0.607. The van der Waals surface area contributed by atoms with E-state index in [9.17, 15) is 0 Å². The summed E-state index contributed by atoms with van der Waals surface area (Å²) in [6.45, 7) is 0. The van der Waals surface area contributed by atoms with Crippen LogP contribution in [0.4, 0.5) is 0 Å². The summed E-state index contributed by atoms with van der Waals surface area (Å²) < 4.78 is 0.894. The summed E-state index contributed by atoms with van der Waals surface area (Å²) in [5.74, 6) is 0. The fourth-order valence-corrected chi connectivity index (χ4v) is 1.27. The SMILES string of the molecule is ClC1=N/C=C\CCC/C=C\1Br. The normalized spacial score (nSPS) is 31.8. The molecule has 0 saturated carbocycles. The summed E-state index contributed by atoms with van der Waals surface area (Å²) in [6, 6.07) is 0. The lowest BCUT2D eigenvalue weighted by Gasteiger charge is -1.92. The summed E-state index contributed by atoms with van der Waals surface area (Å²) >= 11 is 9.14. The Morgan fingerprint density at radius 1 is 1.45 bits per heavy atom. The Labute approximate surface area is 80.0 Å². The van der Waals surface area contributed by atoms with Crippen LogP contribution >= 0.6 is 27.5 Å². The van der Waals surface area contributed by atoms with E-state index in [0.29, 0.717) is 5.17 Å². The molecule has 0 spiro atoms. The zero-order valence-corrected chi connectivity index (χ0v) is 8.40. The van der Waals surface area contributed by atoms with E-state index < -0.39 is 0 Å². The van der Waals surface area contributed by atoms with Crippen molar-refractivity contribution in [2.75, 3.05) is 0 Å². The fourth-order valence-electron chi connectivity index (χ4n) is 0.803. The first-order valence-electron chi connectivity index (χ1n) is 3.55. The van der Waals surface area contributed by atoms with Gasteiger partial charge in [0.15, 0.2) is 0 Å². The summed E-state index contributed by atoms with van der Waals surface area (Å²) in [4.78, 5) is 4.01. The number of allylic oxidation sites excluding steroid dienone is 3. The lowest BCUT2D eigenvalue weighted by Crippen LogP contribution is -1.83. The number of nitrogens with zero attached hydrogens (tertiary/aromatic N) is 1. The Hall–Kier alpha value is -0.0800. The van der Waals surface area contributed by atoms with Crippen molar-refractivity contribution in [3.8, 4) is 0 Å². The van der Waals surface area contributed by atoms with Gasteiger partial charge < -0.3 is 0 Å². The van der Waals surface area contributed by atoms with Crippen LogP contribution in [0.15, 0.2) is 27.8 Å². The smallest absolute Gasteiger partial charge is 0.142 e. The number of hydrogen-bond donors (Lipinski definition) is 0. The van der Waals surface area contributed by atoms with E-state index in [1.807, 2.05) is 6.08 Å². The second-order valence-electron chi connectivity index (χ2n) is 2.29. The Morgan fingerprint density at radius 2 is 2.27 bits per heavy atom. The number of rotatable bonds is 0. The third-order valence-electron chi connectivity index (χ3n) is 1.39. The van der Waals surface area contributed by atoms with Crippen LogP contribution in [-0.4, -0.2) is 5.17 Å². The predicted molar refractivity (Wildman–Crippen MR) is 53.3 cm³/mol. The largest absolute Gasteiger partial charge is 0.244 e. The Morgan fingerprint density at radius 3 is 3.09 bits per heavy atom. The first kappa shape index (κ1) is 9.01. The lowest BCUT2D eigenvalue weighted by atomic mass is 10.2. The van der Waals surface area contributed by atoms with Crippen LogP contribution in [-0.2, 0) is 0 Å². The van der Waals surface area contributed by atoms with E-state index in [0.717, 1.165) is 23.7 Å². The first-order chi connectivity index (χ1) is 5.30. The van der Waals surface area contributed by atoms with Crippen molar-refractivity contribution in [1.82, 2.24) is 0 Å². The van der Waals surface area contributed by atoms with Gasteiger partial charge in [-0.15, -0.1) is 0 Å². The molecular weight excluding hydrogens is 225 g/mol. The molecule has 0 unspecified atom stereocenters. The van der Waals surface area contributed by atoms with Crippen molar-refractivity contribution >= 4 is 32.7 Å². The molecule has 1 nitrogen and oxygen atoms in total. The molecular formula is C8H9BrClN. The number of halogens is 2. The maximum atomic E-state index is 5.80. The minimum Gasteiger partial charge on any atom is -0.244 e. The molecule has 0 aromatic heterocycles. The van der Waals surface area contributed by atoms with Crippen LogP contribution in [0.5, 0.6) is 0 Å². The standard InChI is InChI=1S/C8H9BrClN/c9-7-5-3-1-2-4-6-11-8(7)10/h4-6H,1-3H2/b6-4-,7-5+,11-8+. The van der Waals surface area contributed by atoms with Crippen molar-refractivity contribution < 1.29 is 0 Å². The van der Waals surface area contributed by atoms with Gasteiger partial charge in [-0.05, 0) is 35.2 Å². The molecule has 0 saturated heterocycles. The summed E-state index contributed by atoms with van der Waals surface area (Å²) in [5, 5.41) is 0.531. The average molecular weight is 235 g/mol. The highest BCUT2D eigenvalue weighted by atomic mass is 79.9. The Kier molecular flexibility index (Phi) is 3.87. The number of aliphatic imine (C=N–C) groups is 1. The van der Waals surface area contributed by atoms with Crippen LogP contribution < -0.4 is 0 Å². The van der Waals surface area contributed by atoms with E-state index in [1.54, 1.807) is 6.20 Å². The van der Waals surface area contributed by atoms with E-state index in [-0.39, 0.29) is 0 Å². The minimum atomic E-state index is 0.531. The molecule has 1 aliphatic heterocycles. The maximum Gasteiger partial charge on any atom is 0.142 e. The Balaban J connectivity index is 2.76. The van der Waals surface area contributed by atoms with Crippen LogP contribution in [0.2, 0.25) is 0 Å². The van der Waals surface area contributed by atoms with Gasteiger partial charge in [-0.25, -0.2) is 4.99 Å². The van der Waals surface area contributed by atoms with E-state index >= 15 is 0 Å². The molecule has 1 heterocycles. The molecule has 0 aromatic rings. The molecule has 0 fully saturated rings. The molecule has 0 bridgehead atoms. The molecule has 11 heavy (non-hydrogen) atoms. The molecule has 0 radical (unpaired) electrons. The van der Waals surface area contributed by atoms with Crippen molar-refractivity contribution in [1.29, 1.82) is 0 Å². The van der Waals surface area contributed by atoms with Crippen LogP contribution in [0.3, 0.4) is 0 Å². The number of hydrogen-bond acceptors (Lipinski definition) is 1. The zero-order valence-electron chi connectivity index (χ0n) is 6.06. The van der Waals surface area contributed by atoms with Gasteiger partial charge in [0.2, 0.25) is 0 Å². The highest BCUT2D eigenvalue weighted by Crippen LogP contribution is 2.15. The van der Waals surface area contributed by atoms with Crippen LogP contribution in [0.25, 0.3) is 0 Å². The molecule has 0 aliphatic carbocycles. The van der Waals surface area contributed by atoms with E-state index in [1.165, 1.54) is 0 Å². The van der Waals surface area contributed by atoms with Gasteiger partial charge in [0.05, 0.1) is 4.48 Å². The molecule has 60 valence electrons. The van der Waals surface area contributed by atoms with Crippen molar-refractivity contribution in [2.45, 2.75) is 19.3 Å². The average Bonchev–Trinajstić information content (AvgIpc) is 2.07. The molecule has 1 rings (SSSR count). The second kappa shape index (κ2) is 4.73. The van der Waals surface area contributed by atoms with Crippen molar-refractivity contribution in [3.05, 3.63) is 22.8 Å². The minimum absolute atomic E-state index is 0.531. The molecule has 0 aromatic carbocycles. The molecule has 1 aliphatic rings. The fraction of sp³-hybridized carbons (Fsp3) is 0.375. The second-order valence-corrected chi connectivity index (χ2v) is 3.50. The topological polar surface area (TPSA) is 12.4 Å². The van der Waals surface area contributed by atoms with Crippen molar-refractivity contribution in [2.24, 2.45) is 4.99 Å². The summed E-state index contributed by atoms with van der Waals surface area (Å²) in [6.07, 6.45) is 9.12. The Bertz CT molecular complexity index is 218. The predicted octanol–water partition coefficient (Wildman–Crippen LogP) is 3.60. The zero-order chi connectivity index (χ0) is 8.10. The van der Waals surface area contributed by atoms with Crippen LogP contribution in [0.1, 0.15) is 19.3 Å². The highest BCUT2D eigenvalue weighted by Gasteiger charge is 1.98. The molecule has 0 amide bonds. The third kappa shape index (κ3) is 3.21. The molecule has 3 heteroatoms. The first-order valence-corrected chi connectivity index (χ1v) is 4.72. The van der Waals surface area contributed by atoms with Gasteiger partial charge in [-0.3, -0.25) is 0 Å². The monoisotopic (exact) mass is 233 g/mol. The van der Waals surface area contributed by atoms with E-state index in [4.69, 9.17) is 11.6 Å². The van der Waals surface area contributed by atoms with Gasteiger partial charge in [-0.2, -0.15) is 0 Å². The summed E-state index contributed by atoms with van der Waals surface area (Å²) in [7, 11) is 0. The molecule has 0 N–H and O–H groups in total. The highest BCUT2D eigenvalue weighted by molar-refractivity contribution is 9.12. The molecule has 0 atom stereocenters. The van der Waals surface area contributed by atoms with Crippen LogP contribution in [0, 0.1) is 0 Å². The van der Waals surface area contributed by atoms with E-state index in [2.05, 4.69) is 27.0 Å². The van der Waals surface area contributed by atoms with Gasteiger partial charge in [-0.1, -0.05) is 23.8 Å². The van der Waals surface area contributed by atoms with Gasteiger partial charge in [0.25, 0.3) is 0 Å².